The first-order valence-corrected chi connectivity index (χ1v) is 10.0. The van der Waals surface area contributed by atoms with Gasteiger partial charge in [0, 0.05) is 29.0 Å². The highest BCUT2D eigenvalue weighted by Gasteiger charge is 2.15. The summed E-state index contributed by atoms with van der Waals surface area (Å²) in [4.78, 5) is 11.7. The number of allylic oxidation sites excluding steroid dienone is 1. The molecule has 0 aliphatic carbocycles. The van der Waals surface area contributed by atoms with Gasteiger partial charge in [0.05, 0.1) is 14.2 Å². The molecule has 0 radical (unpaired) electrons. The third kappa shape index (κ3) is 4.68. The second kappa shape index (κ2) is 9.43. The minimum Gasteiger partial charge on any atom is -0.497 e. The van der Waals surface area contributed by atoms with E-state index in [1.807, 2.05) is 47.0 Å². The van der Waals surface area contributed by atoms with Crippen LogP contribution in [-0.4, -0.2) is 34.8 Å². The van der Waals surface area contributed by atoms with E-state index in [9.17, 15) is 4.79 Å². The maximum atomic E-state index is 11.7. The van der Waals surface area contributed by atoms with Crippen LogP contribution in [0.1, 0.15) is 22.8 Å². The summed E-state index contributed by atoms with van der Waals surface area (Å²) in [6.45, 7) is 5.99. The van der Waals surface area contributed by atoms with Gasteiger partial charge in [0.2, 0.25) is 0 Å². The van der Waals surface area contributed by atoms with Crippen molar-refractivity contribution in [2.75, 3.05) is 14.2 Å². The molecule has 0 atom stereocenters. The lowest BCUT2D eigenvalue weighted by atomic mass is 10.1. The molecule has 0 aliphatic rings. The van der Waals surface area contributed by atoms with E-state index in [-0.39, 0.29) is 5.78 Å². The second-order valence-corrected chi connectivity index (χ2v) is 7.25. The van der Waals surface area contributed by atoms with Crippen molar-refractivity contribution in [3.8, 4) is 22.9 Å². The summed E-state index contributed by atoms with van der Waals surface area (Å²) in [5, 5.41) is 9.52. The number of Topliss-reactive ketones (excluding diaryl/α,β-unsaturated/α-hetero) is 1. The number of benzene rings is 2. The number of ether oxygens (including phenoxy) is 2. The van der Waals surface area contributed by atoms with E-state index < -0.39 is 0 Å². The van der Waals surface area contributed by atoms with E-state index in [0.29, 0.717) is 17.9 Å². The molecule has 0 amide bonds. The molecule has 1 aromatic heterocycles. The van der Waals surface area contributed by atoms with Gasteiger partial charge in [-0.2, -0.15) is 0 Å². The Labute approximate surface area is 174 Å². The van der Waals surface area contributed by atoms with E-state index in [1.165, 1.54) is 11.8 Å². The van der Waals surface area contributed by atoms with Crippen LogP contribution in [0, 0.1) is 0 Å². The maximum absolute atomic E-state index is 11.7. The van der Waals surface area contributed by atoms with Crippen molar-refractivity contribution in [1.29, 1.82) is 0 Å². The fourth-order valence-electron chi connectivity index (χ4n) is 2.90. The summed E-state index contributed by atoms with van der Waals surface area (Å²) in [6, 6.07) is 13.2. The van der Waals surface area contributed by atoms with Crippen molar-refractivity contribution in [1.82, 2.24) is 14.8 Å². The molecule has 0 unspecified atom stereocenters. The molecule has 0 fully saturated rings. The highest BCUT2D eigenvalue weighted by molar-refractivity contribution is 7.98. The zero-order chi connectivity index (χ0) is 20.8. The molecule has 3 aromatic rings. The molecule has 2 aromatic carbocycles. The zero-order valence-corrected chi connectivity index (χ0v) is 17.5. The molecule has 0 saturated heterocycles. The molecule has 29 heavy (non-hydrogen) atoms. The Bertz CT molecular complexity index is 1010. The molecule has 0 N–H and O–H groups in total. The molecule has 0 saturated carbocycles. The third-order valence-corrected chi connectivity index (χ3v) is 5.44. The maximum Gasteiger partial charge on any atom is 0.192 e. The Morgan fingerprint density at radius 3 is 2.52 bits per heavy atom. The van der Waals surface area contributed by atoms with Gasteiger partial charge >= 0.3 is 0 Å². The molecule has 0 bridgehead atoms. The number of aromatic nitrogens is 3. The summed E-state index contributed by atoms with van der Waals surface area (Å²) in [7, 11) is 3.26. The van der Waals surface area contributed by atoms with E-state index in [0.717, 1.165) is 33.6 Å². The van der Waals surface area contributed by atoms with Crippen LogP contribution < -0.4 is 9.47 Å². The van der Waals surface area contributed by atoms with Gasteiger partial charge < -0.3 is 9.47 Å². The molecule has 0 spiro atoms. The molecule has 1 heterocycles. The average Bonchev–Trinajstić information content (AvgIpc) is 3.14. The quantitative estimate of drug-likeness (QED) is 0.291. The molecular weight excluding hydrogens is 386 g/mol. The lowest BCUT2D eigenvalue weighted by Gasteiger charge is -2.11. The summed E-state index contributed by atoms with van der Waals surface area (Å²) in [6.07, 6.45) is 1.82. The number of hydrogen-bond acceptors (Lipinski definition) is 6. The van der Waals surface area contributed by atoms with E-state index in [2.05, 4.69) is 16.8 Å². The van der Waals surface area contributed by atoms with Crippen molar-refractivity contribution >= 4 is 17.5 Å². The number of carbonyl (C=O) groups excluding carboxylic acids is 1. The van der Waals surface area contributed by atoms with Gasteiger partial charge in [0.1, 0.15) is 11.5 Å². The zero-order valence-electron chi connectivity index (χ0n) is 16.7. The normalized spacial score (nSPS) is 10.6. The molecule has 3 rings (SSSR count). The van der Waals surface area contributed by atoms with E-state index >= 15 is 0 Å². The lowest BCUT2D eigenvalue weighted by Crippen LogP contribution is -2.01. The van der Waals surface area contributed by atoms with Crippen LogP contribution in [0.15, 0.2) is 60.3 Å². The first-order chi connectivity index (χ1) is 14.1. The number of thioether (sulfide) groups is 1. The minimum atomic E-state index is 0.0236. The van der Waals surface area contributed by atoms with Crippen molar-refractivity contribution in [2.24, 2.45) is 0 Å². The number of nitrogens with zero attached hydrogens (tertiary/aromatic N) is 3. The van der Waals surface area contributed by atoms with Gasteiger partial charge in [-0.25, -0.2) is 0 Å². The molecule has 0 aliphatic heterocycles. The fraction of sp³-hybridized carbons (Fsp3) is 0.227. The van der Waals surface area contributed by atoms with E-state index in [1.54, 1.807) is 27.2 Å². The Hall–Kier alpha value is -3.06. The first kappa shape index (κ1) is 20.7. The summed E-state index contributed by atoms with van der Waals surface area (Å²) < 4.78 is 12.7. The van der Waals surface area contributed by atoms with Crippen molar-refractivity contribution in [2.45, 2.75) is 24.4 Å². The van der Waals surface area contributed by atoms with Crippen molar-refractivity contribution < 1.29 is 14.3 Å². The fourth-order valence-corrected chi connectivity index (χ4v) is 3.82. The van der Waals surface area contributed by atoms with Gasteiger partial charge in [-0.15, -0.1) is 16.8 Å². The number of methoxy groups -OCH3 is 2. The van der Waals surface area contributed by atoms with Crippen molar-refractivity contribution in [3.63, 3.8) is 0 Å². The van der Waals surface area contributed by atoms with Gasteiger partial charge in [0.15, 0.2) is 16.8 Å². The van der Waals surface area contributed by atoms with Crippen LogP contribution in [0.3, 0.4) is 0 Å². The minimum absolute atomic E-state index is 0.0236. The Morgan fingerprint density at radius 1 is 1.14 bits per heavy atom. The second-order valence-electron chi connectivity index (χ2n) is 6.31. The largest absolute Gasteiger partial charge is 0.497 e. The topological polar surface area (TPSA) is 66.2 Å². The van der Waals surface area contributed by atoms with Crippen LogP contribution in [-0.2, 0) is 12.3 Å². The molecule has 150 valence electrons. The van der Waals surface area contributed by atoms with Crippen LogP contribution >= 0.6 is 11.8 Å². The molecule has 6 nitrogen and oxygen atoms in total. The van der Waals surface area contributed by atoms with Gasteiger partial charge in [0.25, 0.3) is 0 Å². The summed E-state index contributed by atoms with van der Waals surface area (Å²) in [5.74, 6) is 2.92. The highest BCUT2D eigenvalue weighted by Crippen LogP contribution is 2.31. The molecule has 7 heteroatoms. The Morgan fingerprint density at radius 2 is 1.90 bits per heavy atom. The van der Waals surface area contributed by atoms with E-state index in [4.69, 9.17) is 9.47 Å². The number of carbonyl (C=O) groups is 1. The lowest BCUT2D eigenvalue weighted by molar-refractivity contribution is 0.101. The SMILES string of the molecule is C=CCn1c(SCc2cc(C(C)=O)ccc2OC)nnc1-c1ccc(OC)cc1. The average molecular weight is 410 g/mol. The van der Waals surface area contributed by atoms with Gasteiger partial charge in [-0.1, -0.05) is 17.8 Å². The van der Waals surface area contributed by atoms with Crippen LogP contribution in [0.25, 0.3) is 11.4 Å². The molecular formula is C22H23N3O3S. The standard InChI is InChI=1S/C22H23N3O3S/c1-5-12-25-21(16-6-9-19(27-3)10-7-16)23-24-22(25)29-14-18-13-17(15(2)26)8-11-20(18)28-4/h5-11,13H,1,12,14H2,2-4H3. The van der Waals surface area contributed by atoms with Gasteiger partial charge in [-0.05, 0) is 49.4 Å². The number of hydrogen-bond donors (Lipinski definition) is 0. The number of ketones is 1. The summed E-state index contributed by atoms with van der Waals surface area (Å²) >= 11 is 1.54. The first-order valence-electron chi connectivity index (χ1n) is 9.06. The Balaban J connectivity index is 1.88. The predicted molar refractivity (Wildman–Crippen MR) is 115 cm³/mol. The number of rotatable bonds is 9. The van der Waals surface area contributed by atoms with Crippen LogP contribution in [0.2, 0.25) is 0 Å². The third-order valence-electron chi connectivity index (χ3n) is 4.42. The highest BCUT2D eigenvalue weighted by atomic mass is 32.2. The predicted octanol–water partition coefficient (Wildman–Crippen LogP) is 4.64. The Kier molecular flexibility index (Phi) is 6.72. The van der Waals surface area contributed by atoms with Crippen LogP contribution in [0.5, 0.6) is 11.5 Å². The van der Waals surface area contributed by atoms with Crippen molar-refractivity contribution in [3.05, 3.63) is 66.2 Å². The van der Waals surface area contributed by atoms with Gasteiger partial charge in [-0.3, -0.25) is 9.36 Å². The summed E-state index contributed by atoms with van der Waals surface area (Å²) in [5.41, 5.74) is 2.54. The van der Waals surface area contributed by atoms with Crippen LogP contribution in [0.4, 0.5) is 0 Å². The smallest absolute Gasteiger partial charge is 0.192 e. The monoisotopic (exact) mass is 409 g/mol.